The van der Waals surface area contributed by atoms with Crippen LogP contribution in [0.15, 0.2) is 12.1 Å². The third kappa shape index (κ3) is 3.01. The summed E-state index contributed by atoms with van der Waals surface area (Å²) < 4.78 is 0. The van der Waals surface area contributed by atoms with Crippen molar-refractivity contribution in [2.45, 2.75) is 59.3 Å². The Morgan fingerprint density at radius 2 is 1.61 bits per heavy atom. The first-order valence-corrected chi connectivity index (χ1v) is 7.19. The minimum atomic E-state index is 0.358. The third-order valence-corrected chi connectivity index (χ3v) is 4.15. The molecule has 98 valence electrons. The summed E-state index contributed by atoms with van der Waals surface area (Å²) in [7, 11) is 0. The van der Waals surface area contributed by atoms with E-state index < -0.39 is 0 Å². The van der Waals surface area contributed by atoms with Gasteiger partial charge >= 0.3 is 0 Å². The molecular formula is C17H24O. The van der Waals surface area contributed by atoms with E-state index in [1.165, 1.54) is 37.7 Å². The standard InChI is InChI=1S/C17H24O/c1-12-9-13(2)17(14(3)10-12)16(18)11-15-7-5-4-6-8-15/h9-10,15H,4-8,11H2,1-3H3. The zero-order chi connectivity index (χ0) is 13.1. The maximum absolute atomic E-state index is 12.5. The van der Waals surface area contributed by atoms with E-state index in [9.17, 15) is 4.79 Å². The van der Waals surface area contributed by atoms with Crippen LogP contribution in [0.2, 0.25) is 0 Å². The number of rotatable bonds is 3. The summed E-state index contributed by atoms with van der Waals surface area (Å²) in [6, 6.07) is 4.25. The lowest BCUT2D eigenvalue weighted by molar-refractivity contribution is 0.0949. The van der Waals surface area contributed by atoms with E-state index in [0.717, 1.165) is 23.1 Å². The molecule has 2 rings (SSSR count). The Kier molecular flexibility index (Phi) is 4.21. The molecule has 0 amide bonds. The average Bonchev–Trinajstić information content (AvgIpc) is 2.28. The van der Waals surface area contributed by atoms with E-state index in [-0.39, 0.29) is 0 Å². The van der Waals surface area contributed by atoms with Gasteiger partial charge in [0.05, 0.1) is 0 Å². The number of ketones is 1. The van der Waals surface area contributed by atoms with Gasteiger partial charge < -0.3 is 0 Å². The number of aryl methyl sites for hydroxylation is 3. The SMILES string of the molecule is Cc1cc(C)c(C(=O)CC2CCCCC2)c(C)c1. The van der Waals surface area contributed by atoms with Gasteiger partial charge in [-0.2, -0.15) is 0 Å². The first-order chi connectivity index (χ1) is 8.58. The molecule has 1 nitrogen and oxygen atoms in total. The van der Waals surface area contributed by atoms with Gasteiger partial charge in [0, 0.05) is 12.0 Å². The second kappa shape index (κ2) is 5.69. The molecule has 0 heterocycles. The van der Waals surface area contributed by atoms with Gasteiger partial charge in [-0.15, -0.1) is 0 Å². The minimum Gasteiger partial charge on any atom is -0.294 e. The molecule has 0 saturated heterocycles. The highest BCUT2D eigenvalue weighted by molar-refractivity contribution is 5.99. The monoisotopic (exact) mass is 244 g/mol. The van der Waals surface area contributed by atoms with Crippen molar-refractivity contribution in [3.05, 3.63) is 34.4 Å². The number of carbonyl (C=O) groups is 1. The van der Waals surface area contributed by atoms with Crippen LogP contribution in [0, 0.1) is 26.7 Å². The summed E-state index contributed by atoms with van der Waals surface area (Å²) in [6.07, 6.45) is 7.22. The molecule has 0 radical (unpaired) electrons. The highest BCUT2D eigenvalue weighted by Gasteiger charge is 2.20. The molecule has 1 aromatic rings. The van der Waals surface area contributed by atoms with Crippen LogP contribution in [-0.2, 0) is 0 Å². The summed E-state index contributed by atoms with van der Waals surface area (Å²) in [4.78, 5) is 12.5. The van der Waals surface area contributed by atoms with Crippen molar-refractivity contribution in [1.29, 1.82) is 0 Å². The lowest BCUT2D eigenvalue weighted by Gasteiger charge is -2.21. The molecule has 0 aromatic heterocycles. The lowest BCUT2D eigenvalue weighted by Crippen LogP contribution is -2.14. The van der Waals surface area contributed by atoms with E-state index in [4.69, 9.17) is 0 Å². The molecule has 1 aliphatic carbocycles. The second-order valence-electron chi connectivity index (χ2n) is 5.91. The summed E-state index contributed by atoms with van der Waals surface area (Å²) >= 11 is 0. The zero-order valence-corrected chi connectivity index (χ0v) is 11.9. The largest absolute Gasteiger partial charge is 0.294 e. The van der Waals surface area contributed by atoms with Gasteiger partial charge in [-0.05, 0) is 37.8 Å². The van der Waals surface area contributed by atoms with E-state index in [1.54, 1.807) is 0 Å². The number of hydrogen-bond donors (Lipinski definition) is 0. The number of benzene rings is 1. The van der Waals surface area contributed by atoms with Crippen molar-refractivity contribution in [1.82, 2.24) is 0 Å². The lowest BCUT2D eigenvalue weighted by atomic mass is 9.83. The fraction of sp³-hybridized carbons (Fsp3) is 0.588. The highest BCUT2D eigenvalue weighted by atomic mass is 16.1. The molecule has 0 bridgehead atoms. The molecule has 1 fully saturated rings. The van der Waals surface area contributed by atoms with Crippen LogP contribution in [-0.4, -0.2) is 5.78 Å². The first-order valence-electron chi connectivity index (χ1n) is 7.19. The molecule has 0 atom stereocenters. The predicted molar refractivity (Wildman–Crippen MR) is 76.2 cm³/mol. The Balaban J connectivity index is 2.13. The van der Waals surface area contributed by atoms with Gasteiger partial charge in [0.25, 0.3) is 0 Å². The van der Waals surface area contributed by atoms with Gasteiger partial charge in [0.15, 0.2) is 5.78 Å². The Morgan fingerprint density at radius 3 is 2.17 bits per heavy atom. The van der Waals surface area contributed by atoms with Crippen LogP contribution in [0.1, 0.15) is 65.6 Å². The van der Waals surface area contributed by atoms with Crippen LogP contribution in [0.4, 0.5) is 0 Å². The Hall–Kier alpha value is -1.11. The summed E-state index contributed by atoms with van der Waals surface area (Å²) in [5, 5.41) is 0. The minimum absolute atomic E-state index is 0.358. The Labute approximate surface area is 111 Å². The van der Waals surface area contributed by atoms with Crippen LogP contribution in [0.3, 0.4) is 0 Å². The van der Waals surface area contributed by atoms with Crippen molar-refractivity contribution in [2.24, 2.45) is 5.92 Å². The maximum Gasteiger partial charge on any atom is 0.163 e. The van der Waals surface area contributed by atoms with E-state index in [2.05, 4.69) is 32.9 Å². The van der Waals surface area contributed by atoms with Crippen molar-refractivity contribution in [2.75, 3.05) is 0 Å². The number of carbonyl (C=O) groups excluding carboxylic acids is 1. The van der Waals surface area contributed by atoms with Crippen molar-refractivity contribution in [3.8, 4) is 0 Å². The fourth-order valence-corrected chi connectivity index (χ4v) is 3.38. The van der Waals surface area contributed by atoms with Gasteiger partial charge in [-0.25, -0.2) is 0 Å². The third-order valence-electron chi connectivity index (χ3n) is 4.15. The van der Waals surface area contributed by atoms with Crippen LogP contribution in [0.25, 0.3) is 0 Å². The molecule has 0 aliphatic heterocycles. The van der Waals surface area contributed by atoms with Gasteiger partial charge in [-0.3, -0.25) is 4.79 Å². The molecule has 0 N–H and O–H groups in total. The van der Waals surface area contributed by atoms with Crippen LogP contribution >= 0.6 is 0 Å². The average molecular weight is 244 g/mol. The molecular weight excluding hydrogens is 220 g/mol. The van der Waals surface area contributed by atoms with E-state index in [0.29, 0.717) is 11.7 Å². The van der Waals surface area contributed by atoms with Crippen molar-refractivity contribution >= 4 is 5.78 Å². The summed E-state index contributed by atoms with van der Waals surface area (Å²) in [5.74, 6) is 0.989. The van der Waals surface area contributed by atoms with Crippen LogP contribution in [0.5, 0.6) is 0 Å². The molecule has 0 spiro atoms. The topological polar surface area (TPSA) is 17.1 Å². The quantitative estimate of drug-likeness (QED) is 0.700. The molecule has 1 saturated carbocycles. The van der Waals surface area contributed by atoms with Crippen LogP contribution < -0.4 is 0 Å². The zero-order valence-electron chi connectivity index (χ0n) is 11.9. The molecule has 1 heteroatoms. The van der Waals surface area contributed by atoms with Gasteiger partial charge in [-0.1, -0.05) is 49.8 Å². The predicted octanol–water partition coefficient (Wildman–Crippen LogP) is 4.76. The maximum atomic E-state index is 12.5. The fourth-order valence-electron chi connectivity index (χ4n) is 3.38. The first kappa shape index (κ1) is 13.3. The van der Waals surface area contributed by atoms with Gasteiger partial charge in [0.2, 0.25) is 0 Å². The summed E-state index contributed by atoms with van der Waals surface area (Å²) in [5.41, 5.74) is 4.52. The molecule has 1 aliphatic rings. The smallest absolute Gasteiger partial charge is 0.163 e. The normalized spacial score (nSPS) is 16.8. The van der Waals surface area contributed by atoms with Gasteiger partial charge in [0.1, 0.15) is 0 Å². The second-order valence-corrected chi connectivity index (χ2v) is 5.91. The van der Waals surface area contributed by atoms with E-state index >= 15 is 0 Å². The van der Waals surface area contributed by atoms with Crippen molar-refractivity contribution < 1.29 is 4.79 Å². The number of Topliss-reactive ketones (excluding diaryl/α,β-unsaturated/α-hetero) is 1. The molecule has 1 aromatic carbocycles. The number of hydrogen-bond acceptors (Lipinski definition) is 1. The molecule has 0 unspecified atom stereocenters. The Bertz CT molecular complexity index is 416. The van der Waals surface area contributed by atoms with Crippen molar-refractivity contribution in [3.63, 3.8) is 0 Å². The highest BCUT2D eigenvalue weighted by Crippen LogP contribution is 2.29. The molecule has 18 heavy (non-hydrogen) atoms. The summed E-state index contributed by atoms with van der Waals surface area (Å²) in [6.45, 7) is 6.22. The van der Waals surface area contributed by atoms with E-state index in [1.807, 2.05) is 0 Å². The Morgan fingerprint density at radius 1 is 1.06 bits per heavy atom.